The molecule has 1 rings (SSSR count). The topological polar surface area (TPSA) is 80.9 Å². The molecule has 4 nitrogen and oxygen atoms in total. The van der Waals surface area contributed by atoms with Crippen LogP contribution in [-0.2, 0) is 6.42 Å². The zero-order valence-corrected chi connectivity index (χ0v) is 9.15. The normalized spacial score (nSPS) is 12.9. The third-order valence-corrected chi connectivity index (χ3v) is 3.21. The summed E-state index contributed by atoms with van der Waals surface area (Å²) in [5.74, 6) is 0.148. The molecular weight excluding hydrogens is 203 g/mol. The molecule has 0 heterocycles. The number of hydrogen-bond acceptors (Lipinski definition) is 4. The van der Waals surface area contributed by atoms with Crippen LogP contribution in [-0.4, -0.2) is 19.8 Å². The molecule has 80 valence electrons. The summed E-state index contributed by atoms with van der Waals surface area (Å²) in [5, 5.41) is 9.66. The van der Waals surface area contributed by atoms with E-state index in [-0.39, 0.29) is 11.1 Å². The summed E-state index contributed by atoms with van der Waals surface area (Å²) in [5.41, 5.74) is 1.14. The number of aryl methyl sites for hydroxylation is 2. The van der Waals surface area contributed by atoms with Crippen LogP contribution in [0.2, 0.25) is 0 Å². The van der Waals surface area contributed by atoms with Crippen LogP contribution < -0.4 is 5.30 Å². The van der Waals surface area contributed by atoms with Crippen LogP contribution in [0, 0.1) is 6.92 Å². The van der Waals surface area contributed by atoms with Gasteiger partial charge in [0, 0.05) is 0 Å². The van der Waals surface area contributed by atoms with E-state index in [1.165, 1.54) is 12.1 Å². The van der Waals surface area contributed by atoms with Crippen molar-refractivity contribution in [1.29, 1.82) is 0 Å². The molecular formula is C9H15O4P. The predicted molar refractivity (Wildman–Crippen MR) is 56.8 cm³/mol. The molecule has 0 spiro atoms. The Labute approximate surface area is 83.0 Å². The molecule has 1 aromatic carbocycles. The Balaban J connectivity index is 3.30. The van der Waals surface area contributed by atoms with E-state index in [4.69, 9.17) is 14.7 Å². The van der Waals surface area contributed by atoms with E-state index in [1.54, 1.807) is 6.92 Å². The standard InChI is InChI=1S/C9H15O4P/c1-3-7-5-8(14(11,12)13)4-6(2)9(7)10/h4-5,10-14H,3H2,1-2H3. The first-order valence-electron chi connectivity index (χ1n) is 4.36. The molecule has 0 aliphatic heterocycles. The fourth-order valence-electron chi connectivity index (χ4n) is 1.32. The summed E-state index contributed by atoms with van der Waals surface area (Å²) in [7, 11) is -4.25. The van der Waals surface area contributed by atoms with Gasteiger partial charge in [0.25, 0.3) is 0 Å². The molecule has 14 heavy (non-hydrogen) atoms. The summed E-state index contributed by atoms with van der Waals surface area (Å²) in [6.45, 7) is 3.49. The van der Waals surface area contributed by atoms with Crippen molar-refractivity contribution < 1.29 is 19.8 Å². The van der Waals surface area contributed by atoms with Gasteiger partial charge in [-0.15, -0.1) is 0 Å². The van der Waals surface area contributed by atoms with Gasteiger partial charge < -0.3 is 0 Å². The molecule has 0 amide bonds. The molecule has 0 aromatic heterocycles. The van der Waals surface area contributed by atoms with Gasteiger partial charge in [0.15, 0.2) is 0 Å². The Hall–Kier alpha value is -0.670. The molecule has 0 unspecified atom stereocenters. The van der Waals surface area contributed by atoms with Crippen molar-refractivity contribution in [3.05, 3.63) is 23.3 Å². The second-order valence-electron chi connectivity index (χ2n) is 3.29. The molecule has 0 bridgehead atoms. The summed E-state index contributed by atoms with van der Waals surface area (Å²) in [4.78, 5) is 27.3. The molecule has 0 atom stereocenters. The van der Waals surface area contributed by atoms with E-state index < -0.39 is 7.94 Å². The Morgan fingerprint density at radius 3 is 2.21 bits per heavy atom. The number of aromatic hydroxyl groups is 1. The molecule has 0 aliphatic carbocycles. The van der Waals surface area contributed by atoms with Gasteiger partial charge in [-0.2, -0.15) is 0 Å². The third-order valence-electron chi connectivity index (χ3n) is 2.15. The maximum atomic E-state index is 9.56. The summed E-state index contributed by atoms with van der Waals surface area (Å²) in [6.07, 6.45) is 0.574. The first kappa shape index (κ1) is 11.4. The zero-order chi connectivity index (χ0) is 10.9. The van der Waals surface area contributed by atoms with Gasteiger partial charge in [0.05, 0.1) is 0 Å². The van der Waals surface area contributed by atoms with Crippen molar-refractivity contribution in [3.8, 4) is 5.75 Å². The van der Waals surface area contributed by atoms with Crippen LogP contribution in [0.15, 0.2) is 12.1 Å². The van der Waals surface area contributed by atoms with E-state index >= 15 is 0 Å². The van der Waals surface area contributed by atoms with Crippen LogP contribution in [0.25, 0.3) is 0 Å². The van der Waals surface area contributed by atoms with Crippen LogP contribution in [0.1, 0.15) is 18.1 Å². The molecule has 0 aliphatic rings. The second kappa shape index (κ2) is 3.83. The maximum absolute atomic E-state index is 9.56. The summed E-state index contributed by atoms with van der Waals surface area (Å²) >= 11 is 0. The van der Waals surface area contributed by atoms with Crippen LogP contribution >= 0.6 is 7.94 Å². The predicted octanol–water partition coefficient (Wildman–Crippen LogP) is 0.360. The van der Waals surface area contributed by atoms with Gasteiger partial charge in [-0.05, 0) is 0 Å². The van der Waals surface area contributed by atoms with Gasteiger partial charge in [-0.3, -0.25) is 0 Å². The SMILES string of the molecule is CCc1cc([PH](O)(O)O)cc(C)c1O. The van der Waals surface area contributed by atoms with E-state index in [9.17, 15) is 5.11 Å². The Morgan fingerprint density at radius 2 is 1.79 bits per heavy atom. The number of benzene rings is 1. The van der Waals surface area contributed by atoms with Crippen molar-refractivity contribution in [2.45, 2.75) is 20.3 Å². The van der Waals surface area contributed by atoms with E-state index in [0.29, 0.717) is 17.5 Å². The minimum atomic E-state index is -4.25. The molecule has 1 aromatic rings. The van der Waals surface area contributed by atoms with E-state index in [2.05, 4.69) is 0 Å². The summed E-state index contributed by atoms with van der Waals surface area (Å²) < 4.78 is 0. The van der Waals surface area contributed by atoms with Crippen molar-refractivity contribution in [2.75, 3.05) is 0 Å². The third kappa shape index (κ3) is 2.22. The van der Waals surface area contributed by atoms with Gasteiger partial charge in [-0.1, -0.05) is 0 Å². The fraction of sp³-hybridized carbons (Fsp3) is 0.333. The number of phenolic OH excluding ortho intramolecular Hbond substituents is 1. The molecule has 5 heteroatoms. The van der Waals surface area contributed by atoms with Crippen molar-refractivity contribution >= 4 is 13.2 Å². The molecule has 0 fully saturated rings. The van der Waals surface area contributed by atoms with Crippen LogP contribution in [0.5, 0.6) is 5.75 Å². The first-order chi connectivity index (χ1) is 6.36. The first-order valence-corrected chi connectivity index (χ1v) is 6.20. The van der Waals surface area contributed by atoms with Crippen molar-refractivity contribution in [1.82, 2.24) is 0 Å². The van der Waals surface area contributed by atoms with E-state index in [1.807, 2.05) is 6.92 Å². The average molecular weight is 218 g/mol. The second-order valence-corrected chi connectivity index (χ2v) is 5.14. The average Bonchev–Trinajstić information content (AvgIpc) is 2.07. The fourth-order valence-corrected chi connectivity index (χ4v) is 2.09. The summed E-state index contributed by atoms with van der Waals surface area (Å²) in [6, 6.07) is 2.81. The van der Waals surface area contributed by atoms with Gasteiger partial charge in [0.2, 0.25) is 0 Å². The molecule has 4 N–H and O–H groups in total. The Bertz CT molecular complexity index is 343. The van der Waals surface area contributed by atoms with Gasteiger partial charge in [-0.25, -0.2) is 0 Å². The molecule has 0 radical (unpaired) electrons. The zero-order valence-electron chi connectivity index (χ0n) is 8.15. The van der Waals surface area contributed by atoms with Crippen molar-refractivity contribution in [2.24, 2.45) is 0 Å². The number of phenols is 1. The monoisotopic (exact) mass is 218 g/mol. The number of rotatable bonds is 2. The quantitative estimate of drug-likeness (QED) is 0.540. The van der Waals surface area contributed by atoms with Gasteiger partial charge >= 0.3 is 82.3 Å². The van der Waals surface area contributed by atoms with E-state index in [0.717, 1.165) is 0 Å². The number of hydrogen-bond donors (Lipinski definition) is 4. The van der Waals surface area contributed by atoms with Crippen LogP contribution in [0.3, 0.4) is 0 Å². The van der Waals surface area contributed by atoms with Gasteiger partial charge in [0.1, 0.15) is 0 Å². The Kier molecular flexibility index (Phi) is 3.12. The van der Waals surface area contributed by atoms with Crippen molar-refractivity contribution in [3.63, 3.8) is 0 Å². The molecule has 0 saturated heterocycles. The Morgan fingerprint density at radius 1 is 1.21 bits per heavy atom. The van der Waals surface area contributed by atoms with Crippen LogP contribution in [0.4, 0.5) is 0 Å². The molecule has 0 saturated carbocycles. The minimum absolute atomic E-state index is 0.102.